The van der Waals surface area contributed by atoms with Crippen LogP contribution in [0.2, 0.25) is 0 Å². The molecular formula is C16H25N3O3. The number of carbonyl (C=O) groups excluding carboxylic acids is 2. The molecule has 6 heteroatoms. The molecule has 1 aromatic heterocycles. The van der Waals surface area contributed by atoms with Crippen molar-refractivity contribution in [3.05, 3.63) is 24.2 Å². The summed E-state index contributed by atoms with van der Waals surface area (Å²) >= 11 is 0. The van der Waals surface area contributed by atoms with Crippen LogP contribution in [0.4, 0.5) is 4.79 Å². The quantitative estimate of drug-likeness (QED) is 0.875. The van der Waals surface area contributed by atoms with Gasteiger partial charge in [-0.2, -0.15) is 0 Å². The Morgan fingerprint density at radius 3 is 2.68 bits per heavy atom. The first-order valence-corrected chi connectivity index (χ1v) is 7.89. The molecule has 1 aromatic rings. The number of piperidine rings is 1. The summed E-state index contributed by atoms with van der Waals surface area (Å²) in [5.74, 6) is 1.33. The van der Waals surface area contributed by atoms with Crippen LogP contribution in [-0.2, 0) is 11.3 Å². The van der Waals surface area contributed by atoms with E-state index >= 15 is 0 Å². The molecule has 122 valence electrons. The smallest absolute Gasteiger partial charge is 0.315 e. The number of carbonyl (C=O) groups is 2. The van der Waals surface area contributed by atoms with Crippen molar-refractivity contribution in [1.29, 1.82) is 0 Å². The number of hydrogen-bond donors (Lipinski definition) is 2. The van der Waals surface area contributed by atoms with E-state index < -0.39 is 0 Å². The molecule has 2 N–H and O–H groups in total. The third kappa shape index (κ3) is 5.09. The predicted octanol–water partition coefficient (Wildman–Crippen LogP) is 2.12. The summed E-state index contributed by atoms with van der Waals surface area (Å²) in [7, 11) is 0. The van der Waals surface area contributed by atoms with Gasteiger partial charge in [0.25, 0.3) is 0 Å². The lowest BCUT2D eigenvalue weighted by molar-refractivity contribution is -0.133. The number of likely N-dealkylation sites (tertiary alicyclic amines) is 1. The van der Waals surface area contributed by atoms with Gasteiger partial charge >= 0.3 is 6.03 Å². The molecule has 0 aromatic carbocycles. The van der Waals surface area contributed by atoms with E-state index in [1.165, 1.54) is 0 Å². The van der Waals surface area contributed by atoms with Crippen molar-refractivity contribution in [3.63, 3.8) is 0 Å². The standard InChI is InChI=1S/C16H25N3O3/c1-12(2)10-15(20)19-7-5-13(6-8-19)18-16(21)17-11-14-4-3-9-22-14/h3-4,9,12-13H,5-8,10-11H2,1-2H3,(H2,17,18,21). The number of rotatable bonds is 5. The Bertz CT molecular complexity index is 477. The van der Waals surface area contributed by atoms with Gasteiger partial charge in [0.1, 0.15) is 5.76 Å². The summed E-state index contributed by atoms with van der Waals surface area (Å²) in [5, 5.41) is 5.72. The molecule has 22 heavy (non-hydrogen) atoms. The molecule has 1 aliphatic rings. The van der Waals surface area contributed by atoms with E-state index in [2.05, 4.69) is 24.5 Å². The highest BCUT2D eigenvalue weighted by Gasteiger charge is 2.23. The van der Waals surface area contributed by atoms with Crippen LogP contribution in [0.15, 0.2) is 22.8 Å². The van der Waals surface area contributed by atoms with Crippen LogP contribution < -0.4 is 10.6 Å². The van der Waals surface area contributed by atoms with Gasteiger partial charge in [-0.1, -0.05) is 13.8 Å². The molecule has 6 nitrogen and oxygen atoms in total. The molecule has 1 aliphatic heterocycles. The summed E-state index contributed by atoms with van der Waals surface area (Å²) < 4.78 is 5.16. The highest BCUT2D eigenvalue weighted by molar-refractivity contribution is 5.76. The molecule has 0 unspecified atom stereocenters. The first-order chi connectivity index (χ1) is 10.5. The maximum atomic E-state index is 12.0. The summed E-state index contributed by atoms with van der Waals surface area (Å²) in [6, 6.07) is 3.54. The van der Waals surface area contributed by atoms with E-state index in [1.54, 1.807) is 12.3 Å². The van der Waals surface area contributed by atoms with E-state index in [-0.39, 0.29) is 18.0 Å². The molecular weight excluding hydrogens is 282 g/mol. The Balaban J connectivity index is 1.66. The highest BCUT2D eigenvalue weighted by Crippen LogP contribution is 2.13. The third-order valence-corrected chi connectivity index (χ3v) is 3.77. The van der Waals surface area contributed by atoms with Gasteiger partial charge in [0.15, 0.2) is 0 Å². The van der Waals surface area contributed by atoms with Crippen molar-refractivity contribution < 1.29 is 14.0 Å². The molecule has 0 atom stereocenters. The molecule has 0 saturated carbocycles. The number of nitrogens with one attached hydrogen (secondary N) is 2. The second-order valence-corrected chi connectivity index (χ2v) is 6.16. The fourth-order valence-electron chi connectivity index (χ4n) is 2.57. The lowest BCUT2D eigenvalue weighted by Gasteiger charge is -2.32. The van der Waals surface area contributed by atoms with E-state index in [0.29, 0.717) is 32.0 Å². The molecule has 0 radical (unpaired) electrons. The molecule has 1 saturated heterocycles. The van der Waals surface area contributed by atoms with Crippen LogP contribution in [0.25, 0.3) is 0 Å². The van der Waals surface area contributed by atoms with Gasteiger partial charge in [-0.3, -0.25) is 4.79 Å². The second-order valence-electron chi connectivity index (χ2n) is 6.16. The van der Waals surface area contributed by atoms with Gasteiger partial charge in [0, 0.05) is 25.6 Å². The minimum atomic E-state index is -0.191. The lowest BCUT2D eigenvalue weighted by atomic mass is 10.0. The number of amides is 3. The van der Waals surface area contributed by atoms with Crippen molar-refractivity contribution >= 4 is 11.9 Å². The molecule has 0 aliphatic carbocycles. The Morgan fingerprint density at radius 2 is 2.09 bits per heavy atom. The number of urea groups is 1. The third-order valence-electron chi connectivity index (χ3n) is 3.77. The fourth-order valence-corrected chi connectivity index (χ4v) is 2.57. The van der Waals surface area contributed by atoms with Crippen molar-refractivity contribution in [3.8, 4) is 0 Å². The van der Waals surface area contributed by atoms with E-state index in [9.17, 15) is 9.59 Å². The van der Waals surface area contributed by atoms with Crippen LogP contribution >= 0.6 is 0 Å². The van der Waals surface area contributed by atoms with Gasteiger partial charge in [-0.05, 0) is 30.9 Å². The predicted molar refractivity (Wildman–Crippen MR) is 83.1 cm³/mol. The zero-order chi connectivity index (χ0) is 15.9. The summed E-state index contributed by atoms with van der Waals surface area (Å²) in [4.78, 5) is 25.7. The second kappa shape index (κ2) is 7.87. The normalized spacial score (nSPS) is 15.9. The number of furan rings is 1. The molecule has 2 rings (SSSR count). The van der Waals surface area contributed by atoms with Crippen molar-refractivity contribution in [1.82, 2.24) is 15.5 Å². The molecule has 3 amide bonds. The average molecular weight is 307 g/mol. The van der Waals surface area contributed by atoms with Crippen LogP contribution in [0.1, 0.15) is 38.9 Å². The highest BCUT2D eigenvalue weighted by atomic mass is 16.3. The van der Waals surface area contributed by atoms with Crippen molar-refractivity contribution in [2.24, 2.45) is 5.92 Å². The fraction of sp³-hybridized carbons (Fsp3) is 0.625. The minimum absolute atomic E-state index is 0.125. The van der Waals surface area contributed by atoms with Crippen molar-refractivity contribution in [2.45, 2.75) is 45.7 Å². The first kappa shape index (κ1) is 16.4. The molecule has 0 bridgehead atoms. The molecule has 2 heterocycles. The topological polar surface area (TPSA) is 74.6 Å². The van der Waals surface area contributed by atoms with Gasteiger partial charge in [-0.25, -0.2) is 4.79 Å². The SMILES string of the molecule is CC(C)CC(=O)N1CCC(NC(=O)NCc2ccco2)CC1. The summed E-state index contributed by atoms with van der Waals surface area (Å²) in [5.41, 5.74) is 0. The summed E-state index contributed by atoms with van der Waals surface area (Å²) in [6.45, 7) is 5.92. The van der Waals surface area contributed by atoms with Crippen LogP contribution in [-0.4, -0.2) is 36.0 Å². The number of nitrogens with zero attached hydrogens (tertiary/aromatic N) is 1. The zero-order valence-corrected chi connectivity index (χ0v) is 13.3. The van der Waals surface area contributed by atoms with Gasteiger partial charge in [0.2, 0.25) is 5.91 Å². The molecule has 1 fully saturated rings. The van der Waals surface area contributed by atoms with E-state index in [1.807, 2.05) is 11.0 Å². The van der Waals surface area contributed by atoms with Crippen LogP contribution in [0.5, 0.6) is 0 Å². The lowest BCUT2D eigenvalue weighted by Crippen LogP contribution is -2.49. The van der Waals surface area contributed by atoms with Crippen molar-refractivity contribution in [2.75, 3.05) is 13.1 Å². The van der Waals surface area contributed by atoms with Gasteiger partial charge in [0.05, 0.1) is 12.8 Å². The van der Waals surface area contributed by atoms with E-state index in [4.69, 9.17) is 4.42 Å². The maximum Gasteiger partial charge on any atom is 0.315 e. The average Bonchev–Trinajstić information content (AvgIpc) is 2.98. The number of hydrogen-bond acceptors (Lipinski definition) is 3. The Hall–Kier alpha value is -1.98. The summed E-state index contributed by atoms with van der Waals surface area (Å²) in [6.07, 6.45) is 3.79. The van der Waals surface area contributed by atoms with Gasteiger partial charge < -0.3 is 20.0 Å². The Labute approximate surface area is 131 Å². The van der Waals surface area contributed by atoms with Crippen LogP contribution in [0.3, 0.4) is 0 Å². The first-order valence-electron chi connectivity index (χ1n) is 7.89. The van der Waals surface area contributed by atoms with E-state index in [0.717, 1.165) is 18.6 Å². The Kier molecular flexibility index (Phi) is 5.86. The largest absolute Gasteiger partial charge is 0.467 e. The zero-order valence-electron chi connectivity index (χ0n) is 13.3. The van der Waals surface area contributed by atoms with Crippen LogP contribution in [0, 0.1) is 5.92 Å². The van der Waals surface area contributed by atoms with Gasteiger partial charge in [-0.15, -0.1) is 0 Å². The Morgan fingerprint density at radius 1 is 1.36 bits per heavy atom. The monoisotopic (exact) mass is 307 g/mol. The maximum absolute atomic E-state index is 12.0. The minimum Gasteiger partial charge on any atom is -0.467 e. The molecule has 0 spiro atoms.